The van der Waals surface area contributed by atoms with E-state index in [2.05, 4.69) is 10.0 Å². The highest BCUT2D eigenvalue weighted by molar-refractivity contribution is 7.89. The zero-order chi connectivity index (χ0) is 15.3. The van der Waals surface area contributed by atoms with Crippen LogP contribution in [0.4, 0.5) is 10.1 Å². The van der Waals surface area contributed by atoms with E-state index in [1.54, 1.807) is 0 Å². The molecule has 0 radical (unpaired) electrons. The number of amides is 1. The van der Waals surface area contributed by atoms with Crippen LogP contribution in [-0.2, 0) is 14.8 Å². The third kappa shape index (κ3) is 4.07. The maximum atomic E-state index is 13.6. The maximum absolute atomic E-state index is 13.6. The normalized spacial score (nSPS) is 11.2. The molecule has 0 aromatic heterocycles. The van der Waals surface area contributed by atoms with Crippen molar-refractivity contribution < 1.29 is 22.3 Å². The third-order valence-electron chi connectivity index (χ3n) is 2.35. The van der Waals surface area contributed by atoms with Crippen LogP contribution >= 0.6 is 0 Å². The molecule has 0 saturated heterocycles. The Balaban J connectivity index is 2.85. The molecule has 1 amide bonds. The van der Waals surface area contributed by atoms with E-state index in [0.29, 0.717) is 0 Å². The van der Waals surface area contributed by atoms with Crippen molar-refractivity contribution in [3.8, 4) is 5.75 Å². The Hall–Kier alpha value is -1.87. The van der Waals surface area contributed by atoms with Crippen molar-refractivity contribution in [2.24, 2.45) is 0 Å². The van der Waals surface area contributed by atoms with E-state index < -0.39 is 15.8 Å². The lowest BCUT2D eigenvalue weighted by Crippen LogP contribution is -2.33. The summed E-state index contributed by atoms with van der Waals surface area (Å²) in [4.78, 5) is 10.3. The fourth-order valence-electron chi connectivity index (χ4n) is 1.47. The number of anilines is 1. The van der Waals surface area contributed by atoms with Gasteiger partial charge in [0.1, 0.15) is 0 Å². The number of benzene rings is 1. The fourth-order valence-corrected chi connectivity index (χ4v) is 2.54. The van der Waals surface area contributed by atoms with Crippen molar-refractivity contribution in [3.05, 3.63) is 17.9 Å². The minimum atomic E-state index is -3.91. The summed E-state index contributed by atoms with van der Waals surface area (Å²) in [6.45, 7) is 1.42. The van der Waals surface area contributed by atoms with Gasteiger partial charge < -0.3 is 15.8 Å². The number of hydrogen-bond acceptors (Lipinski definition) is 5. The molecule has 1 aromatic rings. The van der Waals surface area contributed by atoms with Crippen molar-refractivity contribution in [2.45, 2.75) is 11.8 Å². The molecule has 1 rings (SSSR count). The number of nitrogens with one attached hydrogen (secondary N) is 2. The zero-order valence-corrected chi connectivity index (χ0v) is 11.9. The van der Waals surface area contributed by atoms with E-state index in [1.165, 1.54) is 14.0 Å². The second-order valence-electron chi connectivity index (χ2n) is 3.91. The first kappa shape index (κ1) is 16.2. The minimum absolute atomic E-state index is 0.0184. The number of hydrogen-bond donors (Lipinski definition) is 3. The van der Waals surface area contributed by atoms with Crippen LogP contribution < -0.4 is 20.5 Å². The molecule has 0 heterocycles. The number of carbonyl (C=O) groups is 1. The van der Waals surface area contributed by atoms with Crippen LogP contribution in [0.15, 0.2) is 17.0 Å². The summed E-state index contributed by atoms with van der Waals surface area (Å²) in [6.07, 6.45) is 0. The average molecular weight is 305 g/mol. The molecule has 9 heteroatoms. The zero-order valence-electron chi connectivity index (χ0n) is 11.1. The summed E-state index contributed by atoms with van der Waals surface area (Å²) >= 11 is 0. The molecule has 0 saturated carbocycles. The van der Waals surface area contributed by atoms with Gasteiger partial charge in [-0.3, -0.25) is 4.79 Å². The number of nitrogens with two attached hydrogens (primary N) is 1. The molecule has 0 aliphatic rings. The number of sulfonamides is 1. The maximum Gasteiger partial charge on any atom is 0.240 e. The van der Waals surface area contributed by atoms with Crippen LogP contribution in [0.5, 0.6) is 5.75 Å². The Labute approximate surface area is 116 Å². The van der Waals surface area contributed by atoms with Crippen LogP contribution in [0.25, 0.3) is 0 Å². The summed E-state index contributed by atoms with van der Waals surface area (Å²) in [5.74, 6) is -1.35. The van der Waals surface area contributed by atoms with Crippen molar-refractivity contribution in [1.82, 2.24) is 10.0 Å². The van der Waals surface area contributed by atoms with Gasteiger partial charge in [-0.05, 0) is 12.1 Å². The molecule has 0 bridgehead atoms. The molecular weight excluding hydrogens is 289 g/mol. The molecule has 20 heavy (non-hydrogen) atoms. The molecule has 0 aliphatic carbocycles. The first-order chi connectivity index (χ1) is 9.27. The topological polar surface area (TPSA) is 111 Å². The van der Waals surface area contributed by atoms with Crippen molar-refractivity contribution in [1.29, 1.82) is 0 Å². The number of ether oxygens (including phenoxy) is 1. The summed E-state index contributed by atoms with van der Waals surface area (Å²) < 4.78 is 44.3. The highest BCUT2D eigenvalue weighted by Crippen LogP contribution is 2.28. The largest absolute Gasteiger partial charge is 0.492 e. The van der Waals surface area contributed by atoms with Gasteiger partial charge in [0.05, 0.1) is 17.7 Å². The summed E-state index contributed by atoms with van der Waals surface area (Å²) in [7, 11) is -2.67. The van der Waals surface area contributed by atoms with Gasteiger partial charge in [-0.1, -0.05) is 0 Å². The number of methoxy groups -OCH3 is 1. The highest BCUT2D eigenvalue weighted by atomic mass is 32.2. The first-order valence-electron chi connectivity index (χ1n) is 5.65. The predicted octanol–water partition coefficient (Wildman–Crippen LogP) is -0.169. The van der Waals surface area contributed by atoms with Gasteiger partial charge in [0, 0.05) is 20.0 Å². The monoisotopic (exact) mass is 305 g/mol. The molecule has 1 aromatic carbocycles. The van der Waals surface area contributed by atoms with E-state index in [1.807, 2.05) is 0 Å². The van der Waals surface area contributed by atoms with Crippen molar-refractivity contribution in [2.75, 3.05) is 25.9 Å². The summed E-state index contributed by atoms with van der Waals surface area (Å²) in [5.41, 5.74) is 5.39. The first-order valence-corrected chi connectivity index (χ1v) is 7.13. The smallest absolute Gasteiger partial charge is 0.240 e. The van der Waals surface area contributed by atoms with E-state index in [-0.39, 0.29) is 35.3 Å². The van der Waals surface area contributed by atoms with Gasteiger partial charge in [0.2, 0.25) is 15.9 Å². The Bertz CT molecular complexity index is 581. The fraction of sp³-hybridized carbons (Fsp3) is 0.364. The van der Waals surface area contributed by atoms with Gasteiger partial charge in [-0.15, -0.1) is 0 Å². The number of halogens is 1. The van der Waals surface area contributed by atoms with Crippen LogP contribution in [0.1, 0.15) is 6.92 Å². The van der Waals surface area contributed by atoms with Crippen LogP contribution in [-0.4, -0.2) is 34.5 Å². The molecule has 0 atom stereocenters. The third-order valence-corrected chi connectivity index (χ3v) is 3.79. The van der Waals surface area contributed by atoms with Gasteiger partial charge in [0.15, 0.2) is 11.6 Å². The van der Waals surface area contributed by atoms with E-state index in [0.717, 1.165) is 12.1 Å². The number of rotatable bonds is 6. The second-order valence-corrected chi connectivity index (χ2v) is 5.68. The van der Waals surface area contributed by atoms with Crippen LogP contribution in [0.2, 0.25) is 0 Å². The Morgan fingerprint density at radius 3 is 2.55 bits per heavy atom. The summed E-state index contributed by atoms with van der Waals surface area (Å²) in [6, 6.07) is 1.92. The minimum Gasteiger partial charge on any atom is -0.492 e. The lowest BCUT2D eigenvalue weighted by molar-refractivity contribution is -0.118. The SMILES string of the molecule is COc1c(N)cc(S(=O)(=O)NCCNC(C)=O)cc1F. The molecule has 0 fully saturated rings. The molecule has 4 N–H and O–H groups in total. The van der Waals surface area contributed by atoms with Crippen LogP contribution in [0, 0.1) is 5.82 Å². The summed E-state index contributed by atoms with van der Waals surface area (Å²) in [5, 5.41) is 2.43. The highest BCUT2D eigenvalue weighted by Gasteiger charge is 2.18. The average Bonchev–Trinajstić information content (AvgIpc) is 2.34. The predicted molar refractivity (Wildman–Crippen MR) is 71.2 cm³/mol. The number of nitrogen functional groups attached to an aromatic ring is 1. The lowest BCUT2D eigenvalue weighted by atomic mass is 10.3. The molecule has 112 valence electrons. The molecule has 7 nitrogen and oxygen atoms in total. The molecule has 0 spiro atoms. The van der Waals surface area contributed by atoms with E-state index >= 15 is 0 Å². The van der Waals surface area contributed by atoms with Gasteiger partial charge in [-0.2, -0.15) is 0 Å². The quantitative estimate of drug-likeness (QED) is 0.499. The lowest BCUT2D eigenvalue weighted by Gasteiger charge is -2.10. The Kier molecular flexibility index (Phi) is 5.28. The van der Waals surface area contributed by atoms with Gasteiger partial charge >= 0.3 is 0 Å². The second kappa shape index (κ2) is 6.53. The van der Waals surface area contributed by atoms with E-state index in [4.69, 9.17) is 10.5 Å². The standard InChI is InChI=1S/C11H16FN3O4S/c1-7(16)14-3-4-15-20(17,18)8-5-9(12)11(19-2)10(13)6-8/h5-6,15H,3-4,13H2,1-2H3,(H,14,16). The molecule has 0 aliphatic heterocycles. The van der Waals surface area contributed by atoms with E-state index in [9.17, 15) is 17.6 Å². The van der Waals surface area contributed by atoms with Gasteiger partial charge in [0.25, 0.3) is 0 Å². The van der Waals surface area contributed by atoms with Crippen LogP contribution in [0.3, 0.4) is 0 Å². The van der Waals surface area contributed by atoms with Gasteiger partial charge in [-0.25, -0.2) is 17.5 Å². The number of carbonyl (C=O) groups excluding carboxylic acids is 1. The van der Waals surface area contributed by atoms with Crippen molar-refractivity contribution >= 4 is 21.6 Å². The molecule has 0 unspecified atom stereocenters. The van der Waals surface area contributed by atoms with Crippen molar-refractivity contribution in [3.63, 3.8) is 0 Å². The molecular formula is C11H16FN3O4S. The Morgan fingerprint density at radius 1 is 1.40 bits per heavy atom. The Morgan fingerprint density at radius 2 is 2.05 bits per heavy atom.